The fourth-order valence-electron chi connectivity index (χ4n) is 3.18. The van der Waals surface area contributed by atoms with Gasteiger partial charge in [0.2, 0.25) is 0 Å². The average molecular weight is 299 g/mol. The normalized spacial score (nSPS) is 34.8. The van der Waals surface area contributed by atoms with E-state index in [0.717, 1.165) is 11.8 Å². The first-order chi connectivity index (χ1) is 6.31. The summed E-state index contributed by atoms with van der Waals surface area (Å²) in [5.41, 5.74) is 2.47. The van der Waals surface area contributed by atoms with Crippen LogP contribution in [0.25, 0.3) is 0 Å². The van der Waals surface area contributed by atoms with Gasteiger partial charge in [-0.25, -0.2) is 0 Å². The van der Waals surface area contributed by atoms with Crippen LogP contribution in [0.2, 0.25) is 19.3 Å². The average Bonchev–Trinajstić information content (AvgIpc) is 2.51. The summed E-state index contributed by atoms with van der Waals surface area (Å²) in [5, 5.41) is 0. The zero-order valence-electron chi connectivity index (χ0n) is 10.4. The van der Waals surface area contributed by atoms with Crippen molar-refractivity contribution in [1.82, 2.24) is 0 Å². The molecule has 0 heterocycles. The Morgan fingerprint density at radius 2 is 2.00 bits per heavy atom. The van der Waals surface area contributed by atoms with Crippen LogP contribution in [0.5, 0.6) is 0 Å². The molecule has 0 aromatic rings. The van der Waals surface area contributed by atoms with Crippen LogP contribution in [0.1, 0.15) is 26.7 Å². The van der Waals surface area contributed by atoms with Gasteiger partial charge in [0.25, 0.3) is 0 Å². The second-order valence-electron chi connectivity index (χ2n) is 7.05. The van der Waals surface area contributed by atoms with Gasteiger partial charge in [0.15, 0.2) is 0 Å². The third kappa shape index (κ3) is 2.05. The van der Waals surface area contributed by atoms with Gasteiger partial charge in [0, 0.05) is 0 Å². The van der Waals surface area contributed by atoms with E-state index >= 15 is 0 Å². The van der Waals surface area contributed by atoms with Crippen LogP contribution < -0.4 is 0 Å². The Labute approximate surface area is 93.0 Å². The standard InChI is InChI=1S/C10H15.3CH3.Sn/c1-7-4-5-8-9(6-7)10(8,2)3;;;;/h6,8-9H,1,4-5H2,2-3H3;3*1H3;/t8-,9+;;;;/m1..../s1. The predicted octanol–water partition coefficient (Wildman–Crippen LogP) is 4.32. The molecule has 0 unspecified atom stereocenters. The van der Waals surface area contributed by atoms with Crippen molar-refractivity contribution in [2.24, 2.45) is 17.3 Å². The van der Waals surface area contributed by atoms with Gasteiger partial charge in [-0.15, -0.1) is 0 Å². The molecule has 2 atom stereocenters. The van der Waals surface area contributed by atoms with E-state index in [1.54, 1.807) is 0 Å². The molecular weight excluding hydrogens is 275 g/mol. The molecule has 1 fully saturated rings. The van der Waals surface area contributed by atoms with Gasteiger partial charge in [-0.3, -0.25) is 0 Å². The number of hydrogen-bond donors (Lipinski definition) is 0. The van der Waals surface area contributed by atoms with Crippen LogP contribution in [0.3, 0.4) is 0 Å². The van der Waals surface area contributed by atoms with Crippen LogP contribution in [-0.2, 0) is 0 Å². The molecule has 0 nitrogen and oxygen atoms in total. The first-order valence-corrected chi connectivity index (χ1v) is 16.6. The van der Waals surface area contributed by atoms with Crippen molar-refractivity contribution in [2.45, 2.75) is 45.9 Å². The Morgan fingerprint density at radius 3 is 2.50 bits per heavy atom. The van der Waals surface area contributed by atoms with Crippen molar-refractivity contribution < 1.29 is 0 Å². The minimum atomic E-state index is -1.56. The molecule has 0 aliphatic heterocycles. The van der Waals surface area contributed by atoms with Gasteiger partial charge in [-0.05, 0) is 0 Å². The van der Waals surface area contributed by atoms with Crippen LogP contribution in [-0.4, -0.2) is 18.4 Å². The topological polar surface area (TPSA) is 0 Å². The summed E-state index contributed by atoms with van der Waals surface area (Å²) < 4.78 is 1.51. The molecule has 80 valence electrons. The summed E-state index contributed by atoms with van der Waals surface area (Å²) in [4.78, 5) is 7.67. The first kappa shape index (κ1) is 11.0. The minimum absolute atomic E-state index is 0.648. The maximum absolute atomic E-state index is 2.65. The second-order valence-corrected chi connectivity index (χ2v) is 22.7. The Hall–Kier alpha value is 0.539. The Morgan fingerprint density at radius 1 is 1.36 bits per heavy atom. The summed E-state index contributed by atoms with van der Waals surface area (Å²) in [5.74, 6) is 1.97. The maximum atomic E-state index is 2.65. The van der Waals surface area contributed by atoms with Crippen molar-refractivity contribution in [2.75, 3.05) is 0 Å². The molecule has 0 aromatic carbocycles. The molecule has 2 aliphatic rings. The fraction of sp³-hybridized carbons (Fsp3) is 0.846. The van der Waals surface area contributed by atoms with Gasteiger partial charge in [0.1, 0.15) is 0 Å². The molecule has 2 rings (SSSR count). The number of fused-ring (bicyclic) bond motifs is 1. The quantitative estimate of drug-likeness (QED) is 0.526. The number of hydrogen-bond acceptors (Lipinski definition) is 0. The van der Waals surface area contributed by atoms with E-state index in [0.29, 0.717) is 5.41 Å². The van der Waals surface area contributed by atoms with Crippen molar-refractivity contribution in [3.05, 3.63) is 11.6 Å². The van der Waals surface area contributed by atoms with Crippen LogP contribution in [0.15, 0.2) is 11.6 Å². The molecule has 2 aliphatic carbocycles. The zero-order valence-corrected chi connectivity index (χ0v) is 13.2. The molecular formula is C13H24Sn. The molecule has 0 saturated heterocycles. The molecule has 14 heavy (non-hydrogen) atoms. The molecule has 0 N–H and O–H groups in total. The van der Waals surface area contributed by atoms with Gasteiger partial charge >= 0.3 is 93.2 Å². The molecule has 1 heteroatoms. The van der Waals surface area contributed by atoms with Crippen LogP contribution in [0, 0.1) is 17.3 Å². The van der Waals surface area contributed by atoms with Gasteiger partial charge in [-0.1, -0.05) is 0 Å². The van der Waals surface area contributed by atoms with Crippen molar-refractivity contribution >= 4 is 18.4 Å². The van der Waals surface area contributed by atoms with Crippen molar-refractivity contribution in [3.8, 4) is 0 Å². The Kier molecular flexibility index (Phi) is 2.57. The van der Waals surface area contributed by atoms with Gasteiger partial charge < -0.3 is 0 Å². The number of allylic oxidation sites excluding steroid dienone is 2. The third-order valence-corrected chi connectivity index (χ3v) is 8.41. The van der Waals surface area contributed by atoms with E-state index in [4.69, 9.17) is 0 Å². The second kappa shape index (κ2) is 3.26. The SMILES string of the molecule is CC1(C)[C@@H]2CCC([CH2][Sn]([CH3])([CH3])[CH3])=C[C@@H]21. The van der Waals surface area contributed by atoms with Gasteiger partial charge in [0.05, 0.1) is 0 Å². The first-order valence-electron chi connectivity index (χ1n) is 6.00. The van der Waals surface area contributed by atoms with E-state index in [2.05, 4.69) is 34.7 Å². The van der Waals surface area contributed by atoms with E-state index in [9.17, 15) is 0 Å². The Bertz CT molecular complexity index is 267. The van der Waals surface area contributed by atoms with E-state index in [1.165, 1.54) is 17.3 Å². The summed E-state index contributed by atoms with van der Waals surface area (Å²) in [7, 11) is 0. The summed E-state index contributed by atoms with van der Waals surface area (Å²) >= 11 is -1.56. The summed E-state index contributed by atoms with van der Waals surface area (Å²) in [6.45, 7) is 4.89. The predicted molar refractivity (Wildman–Crippen MR) is 66.2 cm³/mol. The molecule has 0 spiro atoms. The van der Waals surface area contributed by atoms with Gasteiger partial charge in [-0.2, -0.15) is 0 Å². The van der Waals surface area contributed by atoms with E-state index in [1.807, 2.05) is 5.57 Å². The zero-order chi connectivity index (χ0) is 10.6. The number of rotatable bonds is 2. The third-order valence-electron chi connectivity index (χ3n) is 4.09. The van der Waals surface area contributed by atoms with Crippen molar-refractivity contribution in [1.29, 1.82) is 0 Å². The molecule has 0 aromatic heterocycles. The molecule has 1 saturated carbocycles. The summed E-state index contributed by atoms with van der Waals surface area (Å²) in [6, 6.07) is 0. The molecule has 0 amide bonds. The van der Waals surface area contributed by atoms with Crippen LogP contribution in [0.4, 0.5) is 0 Å². The fourth-order valence-corrected chi connectivity index (χ4v) is 7.90. The monoisotopic (exact) mass is 300 g/mol. The van der Waals surface area contributed by atoms with Crippen molar-refractivity contribution in [3.63, 3.8) is 0 Å². The van der Waals surface area contributed by atoms with Crippen LogP contribution >= 0.6 is 0 Å². The van der Waals surface area contributed by atoms with E-state index in [-0.39, 0.29) is 0 Å². The van der Waals surface area contributed by atoms with E-state index < -0.39 is 18.4 Å². The molecule has 0 bridgehead atoms. The summed E-state index contributed by atoms with van der Waals surface area (Å²) in [6.07, 6.45) is 5.54. The Balaban J connectivity index is 2.03. The molecule has 0 radical (unpaired) electrons.